The highest BCUT2D eigenvalue weighted by Crippen LogP contribution is 2.53. The van der Waals surface area contributed by atoms with Crippen LogP contribution in [0, 0.1) is 5.92 Å². The minimum Gasteiger partial charge on any atom is -0.333 e. The van der Waals surface area contributed by atoms with E-state index in [9.17, 15) is 4.79 Å². The Kier molecular flexibility index (Phi) is 5.22. The lowest BCUT2D eigenvalue weighted by Crippen LogP contribution is -2.63. The van der Waals surface area contributed by atoms with Crippen LogP contribution in [0.5, 0.6) is 0 Å². The largest absolute Gasteiger partial charge is 0.333 e. The van der Waals surface area contributed by atoms with Crippen molar-refractivity contribution < 1.29 is 4.79 Å². The minimum absolute atomic E-state index is 0.101. The SMILES string of the molecule is CC(C)c1ccc2c(c1)CC[C@H]1[C@](C)(NC(=O)N3CCCCC3)CCC[C@]21C. The zero-order valence-electron chi connectivity index (χ0n) is 18.3. The summed E-state index contributed by atoms with van der Waals surface area (Å²) in [6.45, 7) is 11.2. The number of amides is 2. The number of nitrogens with zero attached hydrogens (tertiary/aromatic N) is 1. The second kappa shape index (κ2) is 7.39. The maximum atomic E-state index is 13.0. The van der Waals surface area contributed by atoms with Crippen LogP contribution in [-0.4, -0.2) is 29.6 Å². The van der Waals surface area contributed by atoms with E-state index >= 15 is 0 Å². The number of urea groups is 1. The van der Waals surface area contributed by atoms with Crippen LogP contribution in [0.2, 0.25) is 0 Å². The molecular weight excluding hydrogens is 344 g/mol. The van der Waals surface area contributed by atoms with Gasteiger partial charge in [-0.05, 0) is 85.8 Å². The van der Waals surface area contributed by atoms with E-state index in [1.165, 1.54) is 31.2 Å². The third-order valence-electron chi connectivity index (χ3n) is 8.08. The Labute approximate surface area is 171 Å². The van der Waals surface area contributed by atoms with Crippen molar-refractivity contribution >= 4 is 6.03 Å². The first kappa shape index (κ1) is 19.8. The van der Waals surface area contributed by atoms with Crippen molar-refractivity contribution in [2.45, 2.75) is 95.9 Å². The van der Waals surface area contributed by atoms with Gasteiger partial charge < -0.3 is 10.2 Å². The van der Waals surface area contributed by atoms with Gasteiger partial charge in [0.1, 0.15) is 0 Å². The molecular formula is C25H38N2O. The zero-order valence-corrected chi connectivity index (χ0v) is 18.3. The predicted octanol–water partition coefficient (Wildman–Crippen LogP) is 5.77. The van der Waals surface area contributed by atoms with Crippen molar-refractivity contribution in [3.8, 4) is 0 Å². The van der Waals surface area contributed by atoms with E-state index in [4.69, 9.17) is 0 Å². The zero-order chi connectivity index (χ0) is 19.9. The van der Waals surface area contributed by atoms with Crippen molar-refractivity contribution in [2.24, 2.45) is 5.92 Å². The van der Waals surface area contributed by atoms with Crippen molar-refractivity contribution in [3.05, 3.63) is 34.9 Å². The van der Waals surface area contributed by atoms with E-state index in [-0.39, 0.29) is 17.0 Å². The molecule has 154 valence electrons. The lowest BCUT2D eigenvalue weighted by atomic mass is 9.52. The summed E-state index contributed by atoms with van der Waals surface area (Å²) in [5, 5.41) is 3.54. The number of hydrogen-bond acceptors (Lipinski definition) is 1. The lowest BCUT2D eigenvalue weighted by Gasteiger charge is -2.56. The number of carbonyl (C=O) groups excluding carboxylic acids is 1. The first-order valence-corrected chi connectivity index (χ1v) is 11.5. The van der Waals surface area contributed by atoms with Gasteiger partial charge >= 0.3 is 6.03 Å². The first-order valence-electron chi connectivity index (χ1n) is 11.5. The van der Waals surface area contributed by atoms with Gasteiger partial charge in [-0.15, -0.1) is 0 Å². The summed E-state index contributed by atoms with van der Waals surface area (Å²) >= 11 is 0. The predicted molar refractivity (Wildman–Crippen MR) is 116 cm³/mol. The second-order valence-electron chi connectivity index (χ2n) is 10.3. The molecule has 1 heterocycles. The van der Waals surface area contributed by atoms with E-state index in [0.29, 0.717) is 11.8 Å². The van der Waals surface area contributed by atoms with Gasteiger partial charge in [-0.2, -0.15) is 0 Å². The van der Waals surface area contributed by atoms with Gasteiger partial charge in [0.2, 0.25) is 0 Å². The van der Waals surface area contributed by atoms with Crippen molar-refractivity contribution in [3.63, 3.8) is 0 Å². The molecule has 0 bridgehead atoms. The fraction of sp³-hybridized carbons (Fsp3) is 0.720. The van der Waals surface area contributed by atoms with Crippen LogP contribution < -0.4 is 5.32 Å². The molecule has 28 heavy (non-hydrogen) atoms. The summed E-state index contributed by atoms with van der Waals surface area (Å²) < 4.78 is 0. The number of likely N-dealkylation sites (tertiary alicyclic amines) is 1. The molecule has 1 N–H and O–H groups in total. The third-order valence-corrected chi connectivity index (χ3v) is 8.08. The number of aryl methyl sites for hydroxylation is 1. The standard InChI is InChI=1S/C25H38N2O/c1-18(2)19-9-11-21-20(17-19)10-12-22-24(21,3)13-8-14-25(22,4)26-23(28)27-15-6-5-7-16-27/h9,11,17-18,22H,5-8,10,12-16H2,1-4H3,(H,26,28)/t22-,24-,25-/m1/s1. The van der Waals surface area contributed by atoms with E-state index in [1.54, 1.807) is 11.1 Å². The molecule has 0 spiro atoms. The maximum Gasteiger partial charge on any atom is 0.317 e. The smallest absolute Gasteiger partial charge is 0.317 e. The molecule has 0 radical (unpaired) electrons. The maximum absolute atomic E-state index is 13.0. The highest BCUT2D eigenvalue weighted by molar-refractivity contribution is 5.75. The fourth-order valence-electron chi connectivity index (χ4n) is 6.44. The summed E-state index contributed by atoms with van der Waals surface area (Å²) in [5.74, 6) is 1.09. The van der Waals surface area contributed by atoms with E-state index < -0.39 is 0 Å². The molecule has 2 fully saturated rings. The van der Waals surface area contributed by atoms with Crippen molar-refractivity contribution in [2.75, 3.05) is 13.1 Å². The molecule has 1 saturated heterocycles. The van der Waals surface area contributed by atoms with Crippen LogP contribution in [0.3, 0.4) is 0 Å². The van der Waals surface area contributed by atoms with Gasteiger partial charge in [0.25, 0.3) is 0 Å². The number of hydrogen-bond donors (Lipinski definition) is 1. The number of benzene rings is 1. The Morgan fingerprint density at radius 3 is 2.57 bits per heavy atom. The molecule has 1 aliphatic heterocycles. The van der Waals surface area contributed by atoms with Crippen LogP contribution in [0.4, 0.5) is 4.79 Å². The number of fused-ring (bicyclic) bond motifs is 3. The third kappa shape index (κ3) is 3.35. The van der Waals surface area contributed by atoms with Gasteiger partial charge in [0.15, 0.2) is 0 Å². The number of rotatable bonds is 2. The number of nitrogens with one attached hydrogen (secondary N) is 1. The molecule has 3 atom stereocenters. The topological polar surface area (TPSA) is 32.3 Å². The van der Waals surface area contributed by atoms with Crippen LogP contribution >= 0.6 is 0 Å². The van der Waals surface area contributed by atoms with Gasteiger partial charge in [-0.25, -0.2) is 4.79 Å². The molecule has 3 aliphatic rings. The van der Waals surface area contributed by atoms with Gasteiger partial charge in [-0.3, -0.25) is 0 Å². The van der Waals surface area contributed by atoms with E-state index in [1.807, 2.05) is 4.90 Å². The van der Waals surface area contributed by atoms with Gasteiger partial charge in [-0.1, -0.05) is 45.4 Å². The average molecular weight is 383 g/mol. The van der Waals surface area contributed by atoms with Crippen LogP contribution in [-0.2, 0) is 11.8 Å². The molecule has 1 aromatic rings. The Morgan fingerprint density at radius 1 is 1.11 bits per heavy atom. The van der Waals surface area contributed by atoms with Crippen LogP contribution in [0.15, 0.2) is 18.2 Å². The van der Waals surface area contributed by atoms with E-state index in [0.717, 1.165) is 38.8 Å². The molecule has 2 amide bonds. The molecule has 1 aromatic carbocycles. The number of carbonyl (C=O) groups is 1. The van der Waals surface area contributed by atoms with Crippen LogP contribution in [0.1, 0.15) is 95.2 Å². The summed E-state index contributed by atoms with van der Waals surface area (Å²) in [7, 11) is 0. The van der Waals surface area contributed by atoms with Crippen molar-refractivity contribution in [1.82, 2.24) is 10.2 Å². The highest BCUT2D eigenvalue weighted by atomic mass is 16.2. The quantitative estimate of drug-likeness (QED) is 0.692. The van der Waals surface area contributed by atoms with Crippen molar-refractivity contribution in [1.29, 1.82) is 0 Å². The second-order valence-corrected chi connectivity index (χ2v) is 10.3. The highest BCUT2D eigenvalue weighted by Gasteiger charge is 2.52. The Balaban J connectivity index is 1.60. The Morgan fingerprint density at radius 2 is 1.86 bits per heavy atom. The summed E-state index contributed by atoms with van der Waals surface area (Å²) in [6, 6.07) is 7.39. The average Bonchev–Trinajstić information content (AvgIpc) is 2.68. The van der Waals surface area contributed by atoms with Gasteiger partial charge in [0, 0.05) is 18.6 Å². The van der Waals surface area contributed by atoms with E-state index in [2.05, 4.69) is 51.2 Å². The Bertz CT molecular complexity index is 736. The van der Waals surface area contributed by atoms with Gasteiger partial charge in [0.05, 0.1) is 0 Å². The molecule has 0 unspecified atom stereocenters. The normalized spacial score (nSPS) is 32.6. The molecule has 4 rings (SSSR count). The molecule has 3 heteroatoms. The summed E-state index contributed by atoms with van der Waals surface area (Å²) in [5.41, 5.74) is 4.63. The molecule has 1 saturated carbocycles. The molecule has 3 nitrogen and oxygen atoms in total. The Hall–Kier alpha value is -1.51. The number of piperidine rings is 1. The summed E-state index contributed by atoms with van der Waals surface area (Å²) in [6.07, 6.45) is 9.42. The summed E-state index contributed by atoms with van der Waals surface area (Å²) in [4.78, 5) is 15.1. The fourth-order valence-corrected chi connectivity index (χ4v) is 6.44. The van der Waals surface area contributed by atoms with Crippen LogP contribution in [0.25, 0.3) is 0 Å². The first-order chi connectivity index (χ1) is 13.3. The lowest BCUT2D eigenvalue weighted by molar-refractivity contribution is 0.0629. The molecule has 2 aliphatic carbocycles. The minimum atomic E-state index is -0.101. The molecule has 0 aromatic heterocycles. The monoisotopic (exact) mass is 382 g/mol.